The van der Waals surface area contributed by atoms with Crippen molar-refractivity contribution in [3.63, 3.8) is 0 Å². The molecule has 0 aliphatic carbocycles. The van der Waals surface area contributed by atoms with Crippen molar-refractivity contribution in [3.8, 4) is 17.2 Å². The molecule has 0 bridgehead atoms. The number of esters is 5. The molecule has 0 saturated carbocycles. The molecule has 294 valence electrons. The number of hydrogen-bond acceptors (Lipinski definition) is 15. The molecule has 0 amide bonds. The number of allylic oxidation sites excluding steroid dienone is 3. The molecule has 5 atom stereocenters. The first-order valence-electron chi connectivity index (χ1n) is 17.4. The van der Waals surface area contributed by atoms with Crippen LogP contribution in [-0.2, 0) is 42.9 Å². The van der Waals surface area contributed by atoms with Crippen molar-refractivity contribution < 1.29 is 66.3 Å². The van der Waals surface area contributed by atoms with E-state index in [0.29, 0.717) is 0 Å². The van der Waals surface area contributed by atoms with Crippen LogP contribution in [0, 0.1) is 0 Å². The third kappa shape index (κ3) is 12.0. The van der Waals surface area contributed by atoms with Gasteiger partial charge in [-0.25, -0.2) is 9.59 Å². The van der Waals surface area contributed by atoms with E-state index in [2.05, 4.69) is 6.08 Å². The van der Waals surface area contributed by atoms with Gasteiger partial charge in [-0.1, -0.05) is 35.4 Å². The number of hydrogen-bond donors (Lipinski definition) is 0. The van der Waals surface area contributed by atoms with Gasteiger partial charge in [0.2, 0.25) is 12.4 Å². The first-order chi connectivity index (χ1) is 26.1. The maximum absolute atomic E-state index is 13.4. The lowest BCUT2D eigenvalue weighted by Gasteiger charge is -2.43. The SMILES string of the molecule is CC(=O)OC[C@H]1O[C@@H](Oc2ccc3c(OCC=C(C)CCC=C(C)C)c(OC(=O)c4ccccc4)c(=O)oc3c2)[C@H](OC(C)=O)[C@@H](OC(C)=O)[C@H]1OC(C)=O. The summed E-state index contributed by atoms with van der Waals surface area (Å²) >= 11 is 0. The van der Waals surface area contributed by atoms with Gasteiger partial charge in [-0.15, -0.1) is 0 Å². The summed E-state index contributed by atoms with van der Waals surface area (Å²) in [6, 6.07) is 12.3. The fourth-order valence-corrected chi connectivity index (χ4v) is 5.54. The van der Waals surface area contributed by atoms with Crippen LogP contribution in [0.15, 0.2) is 81.0 Å². The third-order valence-electron chi connectivity index (χ3n) is 7.95. The average molecular weight is 765 g/mol. The van der Waals surface area contributed by atoms with Gasteiger partial charge in [-0.3, -0.25) is 19.2 Å². The second-order valence-electron chi connectivity index (χ2n) is 12.8. The highest BCUT2D eigenvalue weighted by molar-refractivity contribution is 5.93. The van der Waals surface area contributed by atoms with Crippen LogP contribution in [0.5, 0.6) is 17.2 Å². The minimum absolute atomic E-state index is 0.00606. The maximum atomic E-state index is 13.4. The van der Waals surface area contributed by atoms with Crippen molar-refractivity contribution in [2.24, 2.45) is 0 Å². The van der Waals surface area contributed by atoms with Gasteiger partial charge >= 0.3 is 35.5 Å². The fraction of sp³-hybridized carbons (Fsp3) is 0.400. The molecule has 0 spiro atoms. The molecule has 2 heterocycles. The molecule has 55 heavy (non-hydrogen) atoms. The van der Waals surface area contributed by atoms with E-state index in [4.69, 9.17) is 42.3 Å². The molecule has 4 rings (SSSR count). The zero-order valence-corrected chi connectivity index (χ0v) is 31.6. The number of rotatable bonds is 15. The predicted molar refractivity (Wildman–Crippen MR) is 194 cm³/mol. The zero-order chi connectivity index (χ0) is 40.2. The molecule has 15 heteroatoms. The van der Waals surface area contributed by atoms with Crippen molar-refractivity contribution in [2.75, 3.05) is 13.2 Å². The van der Waals surface area contributed by atoms with Crippen LogP contribution in [0.2, 0.25) is 0 Å². The fourth-order valence-electron chi connectivity index (χ4n) is 5.54. The lowest BCUT2D eigenvalue weighted by molar-refractivity contribution is -0.288. The van der Waals surface area contributed by atoms with Gasteiger partial charge in [-0.2, -0.15) is 0 Å². The van der Waals surface area contributed by atoms with Crippen molar-refractivity contribution in [3.05, 3.63) is 87.8 Å². The Morgan fingerprint density at radius 1 is 0.745 bits per heavy atom. The van der Waals surface area contributed by atoms with Gasteiger partial charge < -0.3 is 42.3 Å². The monoisotopic (exact) mass is 764 g/mol. The first-order valence-corrected chi connectivity index (χ1v) is 17.4. The second-order valence-corrected chi connectivity index (χ2v) is 12.8. The van der Waals surface area contributed by atoms with E-state index < -0.39 is 78.5 Å². The van der Waals surface area contributed by atoms with Gasteiger partial charge in [0.1, 0.15) is 30.7 Å². The van der Waals surface area contributed by atoms with Crippen LogP contribution in [0.25, 0.3) is 11.0 Å². The highest BCUT2D eigenvalue weighted by atomic mass is 16.7. The molecular weight excluding hydrogens is 720 g/mol. The summed E-state index contributed by atoms with van der Waals surface area (Å²) in [5, 5.41) is 0.236. The summed E-state index contributed by atoms with van der Waals surface area (Å²) in [5.74, 6) is -4.43. The lowest BCUT2D eigenvalue weighted by Crippen LogP contribution is -2.63. The zero-order valence-electron chi connectivity index (χ0n) is 31.6. The molecule has 0 unspecified atom stereocenters. The van der Waals surface area contributed by atoms with Crippen LogP contribution in [0.1, 0.15) is 71.7 Å². The Balaban J connectivity index is 1.74. The summed E-state index contributed by atoms with van der Waals surface area (Å²) < 4.78 is 50.8. The van der Waals surface area contributed by atoms with Crippen molar-refractivity contribution in [2.45, 2.75) is 92.0 Å². The molecule has 1 fully saturated rings. The largest absolute Gasteiger partial charge is 0.485 e. The standard InChI is InChI=1S/C40H44O15/c1-22(2)12-11-13-23(3)18-19-47-33-30-17-16-29(20-31(30)53-39(46)36(33)55-38(45)28-14-9-8-10-15-28)52-40-37(51-27(7)44)35(50-26(6)43)34(49-25(5)42)32(54-40)21-48-24(4)41/h8-10,12,14-18,20,32,34-35,37,40H,11,13,19,21H2,1-7H3/t32-,34+,35+,37-,40-/m1/s1. The molecule has 1 saturated heterocycles. The molecular formula is C40H44O15. The molecule has 0 N–H and O–H groups in total. The molecule has 15 nitrogen and oxygen atoms in total. The predicted octanol–water partition coefficient (Wildman–Crippen LogP) is 5.55. The van der Waals surface area contributed by atoms with Crippen LogP contribution in [0.4, 0.5) is 0 Å². The quantitative estimate of drug-likeness (QED) is 0.0810. The lowest BCUT2D eigenvalue weighted by atomic mass is 9.98. The van der Waals surface area contributed by atoms with Gasteiger partial charge in [0.05, 0.1) is 10.9 Å². The van der Waals surface area contributed by atoms with Crippen molar-refractivity contribution in [1.82, 2.24) is 0 Å². The first kappa shape index (κ1) is 41.8. The second kappa shape index (κ2) is 19.4. The van der Waals surface area contributed by atoms with E-state index in [-0.39, 0.29) is 34.6 Å². The Kier molecular flexibility index (Phi) is 14.7. The highest BCUT2D eigenvalue weighted by Gasteiger charge is 2.53. The molecule has 3 aromatic rings. The minimum atomic E-state index is -1.55. The number of benzene rings is 2. The highest BCUT2D eigenvalue weighted by Crippen LogP contribution is 2.37. The third-order valence-corrected chi connectivity index (χ3v) is 7.95. The van der Waals surface area contributed by atoms with E-state index >= 15 is 0 Å². The molecule has 1 aliphatic rings. The van der Waals surface area contributed by atoms with Crippen molar-refractivity contribution >= 4 is 40.8 Å². The van der Waals surface area contributed by atoms with Crippen LogP contribution < -0.4 is 19.8 Å². The molecule has 1 aliphatic heterocycles. The Hall–Kier alpha value is -5.96. The number of carbonyl (C=O) groups is 5. The topological polar surface area (TPSA) is 189 Å². The number of carbonyl (C=O) groups excluding carboxylic acids is 5. The minimum Gasteiger partial charge on any atom is -0.485 e. The average Bonchev–Trinajstić information content (AvgIpc) is 3.10. The van der Waals surface area contributed by atoms with Gasteiger partial charge in [-0.05, 0) is 64.0 Å². The Bertz CT molecular complexity index is 1990. The summed E-state index contributed by atoms with van der Waals surface area (Å²) in [6.45, 7) is 10.0. The summed E-state index contributed by atoms with van der Waals surface area (Å²) in [7, 11) is 0. The summed E-state index contributed by atoms with van der Waals surface area (Å²) in [6.07, 6.45) is -1.58. The Morgan fingerprint density at radius 3 is 2.04 bits per heavy atom. The number of ether oxygens (including phenoxy) is 8. The molecule has 0 radical (unpaired) electrons. The maximum Gasteiger partial charge on any atom is 0.383 e. The van der Waals surface area contributed by atoms with E-state index in [9.17, 15) is 28.8 Å². The normalized spacial score (nSPS) is 19.4. The Morgan fingerprint density at radius 2 is 1.40 bits per heavy atom. The van der Waals surface area contributed by atoms with E-state index in [1.165, 1.54) is 35.9 Å². The van der Waals surface area contributed by atoms with Crippen LogP contribution in [-0.4, -0.2) is 73.8 Å². The molecule has 1 aromatic heterocycles. The van der Waals surface area contributed by atoms with Gasteiger partial charge in [0.25, 0.3) is 5.75 Å². The van der Waals surface area contributed by atoms with Crippen LogP contribution in [0.3, 0.4) is 0 Å². The Labute approximate surface area is 317 Å². The van der Waals surface area contributed by atoms with Gasteiger partial charge in [0, 0.05) is 33.8 Å². The molecule has 2 aromatic carbocycles. The van der Waals surface area contributed by atoms with Gasteiger partial charge in [0.15, 0.2) is 18.0 Å². The van der Waals surface area contributed by atoms with Crippen LogP contribution >= 0.6 is 0 Å². The van der Waals surface area contributed by atoms with E-state index in [1.807, 2.05) is 26.8 Å². The summed E-state index contributed by atoms with van der Waals surface area (Å²) in [5.41, 5.74) is 1.35. The van der Waals surface area contributed by atoms with E-state index in [0.717, 1.165) is 46.1 Å². The van der Waals surface area contributed by atoms with E-state index in [1.54, 1.807) is 18.2 Å². The summed E-state index contributed by atoms with van der Waals surface area (Å²) in [4.78, 5) is 74.8. The number of fused-ring (bicyclic) bond motifs is 1. The smallest absolute Gasteiger partial charge is 0.383 e. The van der Waals surface area contributed by atoms with Crippen molar-refractivity contribution in [1.29, 1.82) is 0 Å².